The van der Waals surface area contributed by atoms with Gasteiger partial charge in [-0.05, 0) is 18.1 Å². The van der Waals surface area contributed by atoms with Crippen LogP contribution in [0, 0.1) is 0 Å². The van der Waals surface area contributed by atoms with Gasteiger partial charge in [0.05, 0.1) is 6.42 Å². The summed E-state index contributed by atoms with van der Waals surface area (Å²) >= 11 is 5.82. The van der Waals surface area contributed by atoms with Crippen LogP contribution in [0.15, 0.2) is 12.1 Å². The van der Waals surface area contributed by atoms with Gasteiger partial charge in [-0.1, -0.05) is 25.4 Å². The van der Waals surface area contributed by atoms with Crippen molar-refractivity contribution in [1.82, 2.24) is 10.3 Å². The number of carboxylic acid groups (broad SMARTS) is 2. The van der Waals surface area contributed by atoms with E-state index in [0.717, 1.165) is 0 Å². The van der Waals surface area contributed by atoms with Gasteiger partial charge in [-0.2, -0.15) is 0 Å². The number of halogens is 1. The van der Waals surface area contributed by atoms with E-state index in [4.69, 9.17) is 21.8 Å². The number of nitrogens with one attached hydrogen (secondary N) is 1. The topological polar surface area (TPSA) is 117 Å². The molecule has 1 rings (SSSR count). The fourth-order valence-corrected chi connectivity index (χ4v) is 1.78. The van der Waals surface area contributed by atoms with Gasteiger partial charge in [-0.15, -0.1) is 0 Å². The molecule has 114 valence electrons. The molecule has 1 heterocycles. The first-order valence-electron chi connectivity index (χ1n) is 6.13. The Morgan fingerprint density at radius 3 is 2.38 bits per heavy atom. The minimum absolute atomic E-state index is 0.0320. The number of pyridine rings is 1. The van der Waals surface area contributed by atoms with Gasteiger partial charge >= 0.3 is 11.9 Å². The standard InChI is InChI=1S/C13H15ClN2O5/c1-6(2)8-3-7(4-10(14)15-8)12(19)16-9(13(20)21)5-11(17)18/h3-4,6,9H,5H2,1-2H3,(H,16,19)(H,17,18)(H,20,21)/t9-/m0/s1. The Labute approximate surface area is 125 Å². The van der Waals surface area contributed by atoms with E-state index < -0.39 is 30.3 Å². The third kappa shape index (κ3) is 5.03. The first-order valence-corrected chi connectivity index (χ1v) is 6.51. The summed E-state index contributed by atoms with van der Waals surface area (Å²) in [7, 11) is 0. The van der Waals surface area contributed by atoms with Gasteiger partial charge in [0, 0.05) is 11.3 Å². The highest BCUT2D eigenvalue weighted by molar-refractivity contribution is 6.29. The molecule has 0 aliphatic heterocycles. The molecule has 7 nitrogen and oxygen atoms in total. The van der Waals surface area contributed by atoms with Crippen molar-refractivity contribution in [2.24, 2.45) is 0 Å². The van der Waals surface area contributed by atoms with E-state index in [1.165, 1.54) is 12.1 Å². The van der Waals surface area contributed by atoms with Crippen LogP contribution in [0.25, 0.3) is 0 Å². The molecule has 0 radical (unpaired) electrons. The van der Waals surface area contributed by atoms with E-state index in [0.29, 0.717) is 5.69 Å². The van der Waals surface area contributed by atoms with Crippen molar-refractivity contribution in [3.63, 3.8) is 0 Å². The zero-order chi connectivity index (χ0) is 16.2. The fraction of sp³-hybridized carbons (Fsp3) is 0.385. The third-order valence-corrected chi connectivity index (χ3v) is 2.84. The van der Waals surface area contributed by atoms with Gasteiger partial charge in [0.25, 0.3) is 5.91 Å². The van der Waals surface area contributed by atoms with Crippen molar-refractivity contribution in [3.05, 3.63) is 28.5 Å². The molecule has 0 spiro atoms. The molecule has 1 aromatic rings. The van der Waals surface area contributed by atoms with Crippen LogP contribution in [0.1, 0.15) is 42.2 Å². The number of rotatable bonds is 6. The molecule has 8 heteroatoms. The Kier molecular flexibility index (Phi) is 5.66. The highest BCUT2D eigenvalue weighted by atomic mass is 35.5. The number of carboxylic acids is 2. The van der Waals surface area contributed by atoms with Crippen molar-refractivity contribution in [2.75, 3.05) is 0 Å². The first kappa shape index (κ1) is 16.9. The Hall–Kier alpha value is -2.15. The second-order valence-corrected chi connectivity index (χ2v) is 5.11. The van der Waals surface area contributed by atoms with Crippen LogP contribution in [0.2, 0.25) is 5.15 Å². The lowest BCUT2D eigenvalue weighted by atomic mass is 10.1. The maximum Gasteiger partial charge on any atom is 0.326 e. The summed E-state index contributed by atoms with van der Waals surface area (Å²) in [6.45, 7) is 3.73. The molecule has 0 aromatic carbocycles. The largest absolute Gasteiger partial charge is 0.481 e. The van der Waals surface area contributed by atoms with Crippen LogP contribution >= 0.6 is 11.6 Å². The number of carbonyl (C=O) groups is 3. The quantitative estimate of drug-likeness (QED) is 0.685. The molecule has 1 amide bonds. The van der Waals surface area contributed by atoms with E-state index in [-0.39, 0.29) is 16.6 Å². The zero-order valence-corrected chi connectivity index (χ0v) is 12.2. The van der Waals surface area contributed by atoms with Crippen LogP contribution in [-0.2, 0) is 9.59 Å². The fourth-order valence-electron chi connectivity index (χ4n) is 1.56. The average Bonchev–Trinajstić information content (AvgIpc) is 2.36. The number of aliphatic carboxylic acids is 2. The van der Waals surface area contributed by atoms with Crippen molar-refractivity contribution in [1.29, 1.82) is 0 Å². The van der Waals surface area contributed by atoms with Gasteiger partial charge in [-0.25, -0.2) is 9.78 Å². The molecule has 0 aliphatic carbocycles. The van der Waals surface area contributed by atoms with Gasteiger partial charge in [-0.3, -0.25) is 9.59 Å². The highest BCUT2D eigenvalue weighted by Crippen LogP contribution is 2.17. The summed E-state index contributed by atoms with van der Waals surface area (Å²) in [5.74, 6) is -3.42. The van der Waals surface area contributed by atoms with E-state index in [1.54, 1.807) is 0 Å². The lowest BCUT2D eigenvalue weighted by Gasteiger charge is -2.13. The number of carbonyl (C=O) groups excluding carboxylic acids is 1. The normalized spacial score (nSPS) is 12.0. The Morgan fingerprint density at radius 2 is 1.90 bits per heavy atom. The summed E-state index contributed by atoms with van der Waals surface area (Å²) in [6.07, 6.45) is -0.711. The van der Waals surface area contributed by atoms with E-state index in [1.807, 2.05) is 13.8 Å². The molecule has 0 saturated carbocycles. The Morgan fingerprint density at radius 1 is 1.29 bits per heavy atom. The second-order valence-electron chi connectivity index (χ2n) is 4.72. The lowest BCUT2D eigenvalue weighted by Crippen LogP contribution is -2.42. The Bertz CT molecular complexity index is 574. The van der Waals surface area contributed by atoms with Crippen molar-refractivity contribution >= 4 is 29.4 Å². The molecular formula is C13H15ClN2O5. The molecule has 3 N–H and O–H groups in total. The average molecular weight is 315 g/mol. The number of aromatic nitrogens is 1. The van der Waals surface area contributed by atoms with Crippen LogP contribution < -0.4 is 5.32 Å². The highest BCUT2D eigenvalue weighted by Gasteiger charge is 2.24. The molecule has 0 unspecified atom stereocenters. The van der Waals surface area contributed by atoms with Crippen molar-refractivity contribution in [2.45, 2.75) is 32.2 Å². The molecule has 21 heavy (non-hydrogen) atoms. The maximum atomic E-state index is 12.0. The van der Waals surface area contributed by atoms with E-state index in [2.05, 4.69) is 10.3 Å². The SMILES string of the molecule is CC(C)c1cc(C(=O)N[C@@H](CC(=O)O)C(=O)O)cc(Cl)n1. The molecule has 1 aromatic heterocycles. The van der Waals surface area contributed by atoms with Gasteiger partial charge < -0.3 is 15.5 Å². The number of hydrogen-bond donors (Lipinski definition) is 3. The van der Waals surface area contributed by atoms with Crippen LogP contribution in [0.5, 0.6) is 0 Å². The Balaban J connectivity index is 2.97. The number of hydrogen-bond acceptors (Lipinski definition) is 4. The number of amides is 1. The van der Waals surface area contributed by atoms with Crippen LogP contribution in [-0.4, -0.2) is 39.1 Å². The van der Waals surface area contributed by atoms with Gasteiger partial charge in [0.15, 0.2) is 0 Å². The van der Waals surface area contributed by atoms with Crippen molar-refractivity contribution < 1.29 is 24.6 Å². The lowest BCUT2D eigenvalue weighted by molar-refractivity contribution is -0.145. The monoisotopic (exact) mass is 314 g/mol. The molecule has 1 atom stereocenters. The summed E-state index contributed by atoms with van der Waals surface area (Å²) in [5, 5.41) is 19.8. The smallest absolute Gasteiger partial charge is 0.326 e. The van der Waals surface area contributed by atoms with E-state index in [9.17, 15) is 14.4 Å². The van der Waals surface area contributed by atoms with Crippen LogP contribution in [0.3, 0.4) is 0 Å². The minimum atomic E-state index is -1.51. The van der Waals surface area contributed by atoms with Crippen molar-refractivity contribution in [3.8, 4) is 0 Å². The second kappa shape index (κ2) is 7.03. The summed E-state index contributed by atoms with van der Waals surface area (Å²) < 4.78 is 0. The molecule has 0 bridgehead atoms. The molecule has 0 aliphatic rings. The van der Waals surface area contributed by atoms with E-state index >= 15 is 0 Å². The summed E-state index contributed by atoms with van der Waals surface area (Å²) in [4.78, 5) is 37.6. The maximum absolute atomic E-state index is 12.0. The summed E-state index contributed by atoms with van der Waals surface area (Å²) in [6, 6.07) is 1.28. The van der Waals surface area contributed by atoms with Gasteiger partial charge in [0.1, 0.15) is 11.2 Å². The zero-order valence-electron chi connectivity index (χ0n) is 11.5. The number of nitrogens with zero attached hydrogens (tertiary/aromatic N) is 1. The van der Waals surface area contributed by atoms with Crippen LogP contribution in [0.4, 0.5) is 0 Å². The third-order valence-electron chi connectivity index (χ3n) is 2.65. The molecule has 0 saturated heterocycles. The predicted octanol–water partition coefficient (Wildman–Crippen LogP) is 1.52. The first-order chi connectivity index (χ1) is 9.70. The predicted molar refractivity (Wildman–Crippen MR) is 74.5 cm³/mol. The van der Waals surface area contributed by atoms with Gasteiger partial charge in [0.2, 0.25) is 0 Å². The minimum Gasteiger partial charge on any atom is -0.481 e. The molecular weight excluding hydrogens is 300 g/mol. The molecule has 0 fully saturated rings. The summed E-state index contributed by atoms with van der Waals surface area (Å²) in [5.41, 5.74) is 0.716.